The van der Waals surface area contributed by atoms with Crippen LogP contribution in [0.4, 0.5) is 0 Å². The van der Waals surface area contributed by atoms with Crippen LogP contribution in [0.25, 0.3) is 33.2 Å². The first-order chi connectivity index (χ1) is 10.8. The van der Waals surface area contributed by atoms with Crippen LogP contribution in [-0.2, 0) is 7.05 Å². The third-order valence-electron chi connectivity index (χ3n) is 4.06. The van der Waals surface area contributed by atoms with Crippen molar-refractivity contribution in [1.29, 1.82) is 0 Å². The summed E-state index contributed by atoms with van der Waals surface area (Å²) in [4.78, 5) is 4.74. The van der Waals surface area contributed by atoms with E-state index in [0.29, 0.717) is 0 Å². The zero-order valence-electron chi connectivity index (χ0n) is 12.2. The van der Waals surface area contributed by atoms with E-state index in [4.69, 9.17) is 10.0 Å². The van der Waals surface area contributed by atoms with E-state index in [1.807, 2.05) is 43.4 Å². The van der Waals surface area contributed by atoms with Crippen LogP contribution in [0.5, 0.6) is 0 Å². The van der Waals surface area contributed by atoms with Crippen LogP contribution in [0.15, 0.2) is 60.7 Å². The summed E-state index contributed by atoms with van der Waals surface area (Å²) in [5.74, 6) is 0.959. The molecular weight excluding hydrogens is 271 g/mol. The zero-order valence-corrected chi connectivity index (χ0v) is 12.2. The molecule has 1 N–H and O–H groups in total. The number of hydrogen-bond donors (Lipinski definition) is 1. The molecule has 1 heterocycles. The minimum Gasteiger partial charge on any atom is -0.450 e. The van der Waals surface area contributed by atoms with E-state index >= 15 is 0 Å². The summed E-state index contributed by atoms with van der Waals surface area (Å²) in [6.07, 6.45) is 0. The lowest BCUT2D eigenvalue weighted by molar-refractivity contribution is 0.615. The second kappa shape index (κ2) is 5.00. The van der Waals surface area contributed by atoms with Gasteiger partial charge in [0.15, 0.2) is 0 Å². The summed E-state index contributed by atoms with van der Waals surface area (Å²) in [5, 5.41) is 11.3. The monoisotopic (exact) mass is 285 g/mol. The Bertz CT molecular complexity index is 991. The predicted octanol–water partition coefficient (Wildman–Crippen LogP) is 2.63. The molecule has 105 valence electrons. The number of aryl methyl sites for hydroxylation is 1. The van der Waals surface area contributed by atoms with Crippen molar-refractivity contribution in [2.24, 2.45) is 7.05 Å². The van der Waals surface area contributed by atoms with E-state index < -0.39 is 0 Å². The SMILES string of the molecule is Cn1c(-c2ccc3cc([B]O)ccc3c2)nc2ccccc21. The smallest absolute Gasteiger partial charge is 0.326 e. The summed E-state index contributed by atoms with van der Waals surface area (Å²) >= 11 is 0. The maximum Gasteiger partial charge on any atom is 0.326 e. The minimum atomic E-state index is 0.808. The summed E-state index contributed by atoms with van der Waals surface area (Å²) in [6.45, 7) is 0. The number of hydrogen-bond acceptors (Lipinski definition) is 2. The Morgan fingerprint density at radius 1 is 0.955 bits per heavy atom. The number of fused-ring (bicyclic) bond motifs is 2. The van der Waals surface area contributed by atoms with Gasteiger partial charge in [-0.05, 0) is 29.0 Å². The second-order valence-corrected chi connectivity index (χ2v) is 5.43. The molecule has 0 atom stereocenters. The lowest BCUT2D eigenvalue weighted by Gasteiger charge is -2.05. The Morgan fingerprint density at radius 3 is 2.55 bits per heavy atom. The van der Waals surface area contributed by atoms with Gasteiger partial charge in [-0.15, -0.1) is 0 Å². The summed E-state index contributed by atoms with van der Waals surface area (Å²) in [6, 6.07) is 20.3. The van der Waals surface area contributed by atoms with E-state index in [-0.39, 0.29) is 0 Å². The third-order valence-corrected chi connectivity index (χ3v) is 4.06. The van der Waals surface area contributed by atoms with E-state index in [1.165, 1.54) is 0 Å². The summed E-state index contributed by atoms with van der Waals surface area (Å²) in [7, 11) is 3.16. The molecule has 0 aliphatic heterocycles. The average Bonchev–Trinajstić information content (AvgIpc) is 2.91. The highest BCUT2D eigenvalue weighted by atomic mass is 16.2. The van der Waals surface area contributed by atoms with Crippen LogP contribution in [-0.4, -0.2) is 22.1 Å². The van der Waals surface area contributed by atoms with Gasteiger partial charge in [0.25, 0.3) is 0 Å². The number of rotatable bonds is 2. The molecule has 0 aliphatic rings. The summed E-state index contributed by atoms with van der Waals surface area (Å²) in [5.41, 5.74) is 4.03. The fourth-order valence-electron chi connectivity index (χ4n) is 2.89. The van der Waals surface area contributed by atoms with E-state index in [0.717, 1.165) is 46.1 Å². The number of imidazole rings is 1. The molecule has 1 radical (unpaired) electrons. The molecule has 0 fully saturated rings. The zero-order chi connectivity index (χ0) is 15.1. The van der Waals surface area contributed by atoms with Gasteiger partial charge in [0.2, 0.25) is 0 Å². The Morgan fingerprint density at radius 2 is 1.73 bits per heavy atom. The normalized spacial score (nSPS) is 11.2. The van der Waals surface area contributed by atoms with E-state index in [1.54, 1.807) is 0 Å². The highest BCUT2D eigenvalue weighted by Gasteiger charge is 2.10. The topological polar surface area (TPSA) is 38.0 Å². The fourth-order valence-corrected chi connectivity index (χ4v) is 2.89. The predicted molar refractivity (Wildman–Crippen MR) is 91.3 cm³/mol. The van der Waals surface area contributed by atoms with Gasteiger partial charge in [-0.1, -0.05) is 47.9 Å². The van der Waals surface area contributed by atoms with Crippen LogP contribution >= 0.6 is 0 Å². The third kappa shape index (κ3) is 2.00. The maximum absolute atomic E-state index is 9.11. The van der Waals surface area contributed by atoms with Crippen LogP contribution in [0.3, 0.4) is 0 Å². The molecule has 3 aromatic carbocycles. The van der Waals surface area contributed by atoms with Gasteiger partial charge >= 0.3 is 7.48 Å². The maximum atomic E-state index is 9.11. The molecular formula is C18H14BN2O. The van der Waals surface area contributed by atoms with Crippen LogP contribution in [0.1, 0.15) is 0 Å². The number of nitrogens with zero attached hydrogens (tertiary/aromatic N) is 2. The summed E-state index contributed by atoms with van der Waals surface area (Å²) < 4.78 is 2.12. The lowest BCUT2D eigenvalue weighted by atomic mass is 9.87. The molecule has 0 bridgehead atoms. The molecule has 0 spiro atoms. The first-order valence-corrected chi connectivity index (χ1v) is 7.19. The molecule has 4 rings (SSSR count). The Kier molecular flexibility index (Phi) is 2.98. The van der Waals surface area contributed by atoms with Gasteiger partial charge < -0.3 is 9.59 Å². The van der Waals surface area contributed by atoms with Gasteiger partial charge in [0.1, 0.15) is 5.82 Å². The average molecular weight is 285 g/mol. The Labute approximate surface area is 129 Å². The fraction of sp³-hybridized carbons (Fsp3) is 0.0556. The van der Waals surface area contributed by atoms with Crippen molar-refractivity contribution >= 4 is 34.8 Å². The van der Waals surface area contributed by atoms with Crippen LogP contribution < -0.4 is 5.46 Å². The van der Waals surface area contributed by atoms with E-state index in [2.05, 4.69) is 28.8 Å². The second-order valence-electron chi connectivity index (χ2n) is 5.43. The standard InChI is InChI=1S/C18H14BN2O/c1-21-17-5-3-2-4-16(17)20-18(21)14-7-6-13-11-15(19-22)9-8-12(13)10-14/h2-11,22H,1H3. The van der Waals surface area contributed by atoms with E-state index in [9.17, 15) is 0 Å². The number of aromatic nitrogens is 2. The van der Waals surface area contributed by atoms with Crippen molar-refractivity contribution in [3.8, 4) is 11.4 Å². The highest BCUT2D eigenvalue weighted by Crippen LogP contribution is 2.26. The van der Waals surface area contributed by atoms with Crippen molar-refractivity contribution in [2.75, 3.05) is 0 Å². The first-order valence-electron chi connectivity index (χ1n) is 7.19. The van der Waals surface area contributed by atoms with Gasteiger partial charge in [0.05, 0.1) is 11.0 Å². The quantitative estimate of drug-likeness (QED) is 0.575. The van der Waals surface area contributed by atoms with Gasteiger partial charge in [-0.25, -0.2) is 4.98 Å². The van der Waals surface area contributed by atoms with Crippen LogP contribution in [0.2, 0.25) is 0 Å². The molecule has 4 heteroatoms. The van der Waals surface area contributed by atoms with Gasteiger partial charge in [-0.3, -0.25) is 0 Å². The molecule has 0 unspecified atom stereocenters. The first kappa shape index (κ1) is 13.1. The Balaban J connectivity index is 1.90. The molecule has 0 saturated heterocycles. The van der Waals surface area contributed by atoms with Crippen molar-refractivity contribution in [3.63, 3.8) is 0 Å². The van der Waals surface area contributed by atoms with Crippen molar-refractivity contribution < 1.29 is 5.02 Å². The van der Waals surface area contributed by atoms with Crippen molar-refractivity contribution in [1.82, 2.24) is 9.55 Å². The largest absolute Gasteiger partial charge is 0.450 e. The van der Waals surface area contributed by atoms with Gasteiger partial charge in [-0.2, -0.15) is 0 Å². The van der Waals surface area contributed by atoms with Crippen molar-refractivity contribution in [3.05, 3.63) is 60.7 Å². The van der Waals surface area contributed by atoms with Crippen LogP contribution in [0, 0.1) is 0 Å². The number of para-hydroxylation sites is 2. The molecule has 1 aromatic heterocycles. The molecule has 22 heavy (non-hydrogen) atoms. The molecule has 0 aliphatic carbocycles. The molecule has 0 amide bonds. The lowest BCUT2D eigenvalue weighted by Crippen LogP contribution is -2.12. The molecule has 3 nitrogen and oxygen atoms in total. The van der Waals surface area contributed by atoms with Crippen molar-refractivity contribution in [2.45, 2.75) is 0 Å². The number of benzene rings is 3. The highest BCUT2D eigenvalue weighted by molar-refractivity contribution is 6.46. The van der Waals surface area contributed by atoms with Gasteiger partial charge in [0, 0.05) is 12.6 Å². The molecule has 0 saturated carbocycles. The Hall–Kier alpha value is -2.59. The minimum absolute atomic E-state index is 0.808. The molecule has 4 aromatic rings.